The van der Waals surface area contributed by atoms with Crippen molar-refractivity contribution in [2.75, 3.05) is 6.61 Å². The van der Waals surface area contributed by atoms with Gasteiger partial charge in [-0.05, 0) is 29.8 Å². The summed E-state index contributed by atoms with van der Waals surface area (Å²) >= 11 is 5.75. The Morgan fingerprint density at radius 1 is 1.15 bits per heavy atom. The predicted molar refractivity (Wildman–Crippen MR) is 79.1 cm³/mol. The van der Waals surface area contributed by atoms with Crippen LogP contribution in [0.4, 0.5) is 0 Å². The number of carbonyl (C=O) groups excluding carboxylic acids is 1. The van der Waals surface area contributed by atoms with Gasteiger partial charge in [-0.2, -0.15) is 5.10 Å². The summed E-state index contributed by atoms with van der Waals surface area (Å²) in [7, 11) is 0. The summed E-state index contributed by atoms with van der Waals surface area (Å²) in [5.41, 5.74) is 3.30. The molecule has 0 aliphatic heterocycles. The molecular weight excluding hydrogens is 276 g/mol. The zero-order chi connectivity index (χ0) is 14.2. The number of nitrogens with one attached hydrogen (secondary N) is 1. The van der Waals surface area contributed by atoms with Crippen LogP contribution in [0.15, 0.2) is 59.7 Å². The maximum atomic E-state index is 11.5. The lowest BCUT2D eigenvalue weighted by Crippen LogP contribution is -2.24. The van der Waals surface area contributed by atoms with Gasteiger partial charge in [0.05, 0.1) is 6.21 Å². The molecule has 2 rings (SSSR count). The Bertz CT molecular complexity index is 583. The molecule has 0 aliphatic rings. The van der Waals surface area contributed by atoms with Crippen molar-refractivity contribution >= 4 is 23.7 Å². The van der Waals surface area contributed by atoms with E-state index in [1.807, 2.05) is 30.3 Å². The van der Waals surface area contributed by atoms with E-state index in [0.29, 0.717) is 10.8 Å². The Morgan fingerprint density at radius 2 is 1.85 bits per heavy atom. The van der Waals surface area contributed by atoms with E-state index in [4.69, 9.17) is 16.3 Å². The molecule has 0 bridgehead atoms. The normalized spacial score (nSPS) is 10.4. The number of halogens is 1. The molecule has 0 fully saturated rings. The second-order valence-electron chi connectivity index (χ2n) is 3.95. The van der Waals surface area contributed by atoms with E-state index in [1.54, 1.807) is 30.5 Å². The predicted octanol–water partition coefficient (Wildman–Crippen LogP) is 2.87. The van der Waals surface area contributed by atoms with Crippen LogP contribution in [-0.4, -0.2) is 18.7 Å². The van der Waals surface area contributed by atoms with Gasteiger partial charge in [0, 0.05) is 5.02 Å². The molecule has 1 N–H and O–H groups in total. The van der Waals surface area contributed by atoms with Gasteiger partial charge in [-0.3, -0.25) is 4.79 Å². The minimum absolute atomic E-state index is 0.103. The fraction of sp³-hybridized carbons (Fsp3) is 0.0667. The molecule has 0 spiro atoms. The first kappa shape index (κ1) is 14.1. The standard InChI is InChI=1S/C15H13ClN2O2/c16-13-6-8-14(9-7-13)20-11-15(19)18-17-10-12-4-2-1-3-5-12/h1-10H,11H2,(H,18,19)/b17-10-. The number of hydrogen-bond donors (Lipinski definition) is 1. The molecule has 0 heterocycles. The average molecular weight is 289 g/mol. The number of hydrogen-bond acceptors (Lipinski definition) is 3. The lowest BCUT2D eigenvalue weighted by Gasteiger charge is -2.04. The van der Waals surface area contributed by atoms with Crippen LogP contribution >= 0.6 is 11.6 Å². The molecule has 20 heavy (non-hydrogen) atoms. The first-order chi connectivity index (χ1) is 9.74. The summed E-state index contributed by atoms with van der Waals surface area (Å²) in [5, 5.41) is 4.46. The highest BCUT2D eigenvalue weighted by Gasteiger charge is 2.01. The van der Waals surface area contributed by atoms with E-state index < -0.39 is 0 Å². The van der Waals surface area contributed by atoms with Gasteiger partial charge in [0.1, 0.15) is 5.75 Å². The number of rotatable bonds is 5. The summed E-state index contributed by atoms with van der Waals surface area (Å²) in [5.74, 6) is 0.253. The van der Waals surface area contributed by atoms with Crippen LogP contribution in [0.3, 0.4) is 0 Å². The van der Waals surface area contributed by atoms with Crippen molar-refractivity contribution in [2.45, 2.75) is 0 Å². The maximum Gasteiger partial charge on any atom is 0.277 e. The van der Waals surface area contributed by atoms with Crippen LogP contribution in [0.25, 0.3) is 0 Å². The van der Waals surface area contributed by atoms with Gasteiger partial charge >= 0.3 is 0 Å². The quantitative estimate of drug-likeness (QED) is 0.679. The summed E-state index contributed by atoms with van der Waals surface area (Å²) < 4.78 is 5.28. The third-order valence-electron chi connectivity index (χ3n) is 2.39. The number of benzene rings is 2. The fourth-order valence-corrected chi connectivity index (χ4v) is 1.56. The Kier molecular flexibility index (Phi) is 5.15. The molecule has 0 atom stereocenters. The molecule has 5 heteroatoms. The Hall–Kier alpha value is -2.33. The lowest BCUT2D eigenvalue weighted by atomic mass is 10.2. The third kappa shape index (κ3) is 4.74. The van der Waals surface area contributed by atoms with E-state index >= 15 is 0 Å². The summed E-state index contributed by atoms with van der Waals surface area (Å²) in [6, 6.07) is 16.3. The first-order valence-corrected chi connectivity index (χ1v) is 6.37. The SMILES string of the molecule is O=C(COc1ccc(Cl)cc1)N/N=C\c1ccccc1. The van der Waals surface area contributed by atoms with Crippen LogP contribution in [0.1, 0.15) is 5.56 Å². The van der Waals surface area contributed by atoms with Crippen molar-refractivity contribution in [1.82, 2.24) is 5.43 Å². The van der Waals surface area contributed by atoms with Gasteiger partial charge in [-0.1, -0.05) is 41.9 Å². The van der Waals surface area contributed by atoms with E-state index in [1.165, 1.54) is 0 Å². The zero-order valence-corrected chi connectivity index (χ0v) is 11.4. The Balaban J connectivity index is 1.76. The van der Waals surface area contributed by atoms with Crippen LogP contribution in [0.5, 0.6) is 5.75 Å². The number of ether oxygens (including phenoxy) is 1. The van der Waals surface area contributed by atoms with Crippen LogP contribution in [0, 0.1) is 0 Å². The van der Waals surface area contributed by atoms with Crippen molar-refractivity contribution in [3.05, 3.63) is 65.2 Å². The highest BCUT2D eigenvalue weighted by molar-refractivity contribution is 6.30. The molecule has 0 radical (unpaired) electrons. The molecule has 1 amide bonds. The van der Waals surface area contributed by atoms with Gasteiger partial charge in [0.25, 0.3) is 5.91 Å². The topological polar surface area (TPSA) is 50.7 Å². The molecule has 4 nitrogen and oxygen atoms in total. The molecule has 2 aromatic carbocycles. The molecule has 102 valence electrons. The van der Waals surface area contributed by atoms with Crippen LogP contribution in [0.2, 0.25) is 5.02 Å². The molecule has 0 aliphatic carbocycles. The highest BCUT2D eigenvalue weighted by atomic mass is 35.5. The first-order valence-electron chi connectivity index (χ1n) is 5.99. The second-order valence-corrected chi connectivity index (χ2v) is 4.38. The van der Waals surface area contributed by atoms with Crippen molar-refractivity contribution < 1.29 is 9.53 Å². The Labute approximate surface area is 122 Å². The summed E-state index contributed by atoms with van der Waals surface area (Å²) in [6.45, 7) is -0.103. The molecule has 0 saturated carbocycles. The summed E-state index contributed by atoms with van der Waals surface area (Å²) in [6.07, 6.45) is 1.57. The molecule has 0 saturated heterocycles. The smallest absolute Gasteiger partial charge is 0.277 e. The number of carbonyl (C=O) groups is 1. The van der Waals surface area contributed by atoms with E-state index in [-0.39, 0.29) is 12.5 Å². The van der Waals surface area contributed by atoms with Gasteiger partial charge in [0.2, 0.25) is 0 Å². The van der Waals surface area contributed by atoms with Crippen molar-refractivity contribution in [3.8, 4) is 5.75 Å². The van der Waals surface area contributed by atoms with E-state index in [2.05, 4.69) is 10.5 Å². The second kappa shape index (κ2) is 7.31. The van der Waals surface area contributed by atoms with Crippen LogP contribution in [-0.2, 0) is 4.79 Å². The van der Waals surface area contributed by atoms with Gasteiger partial charge in [-0.25, -0.2) is 5.43 Å². The maximum absolute atomic E-state index is 11.5. The number of nitrogens with zero attached hydrogens (tertiary/aromatic N) is 1. The number of amides is 1. The zero-order valence-electron chi connectivity index (χ0n) is 10.6. The van der Waals surface area contributed by atoms with Crippen molar-refractivity contribution in [1.29, 1.82) is 0 Å². The molecule has 0 aromatic heterocycles. The van der Waals surface area contributed by atoms with Crippen molar-refractivity contribution in [2.24, 2.45) is 5.10 Å². The van der Waals surface area contributed by atoms with E-state index in [0.717, 1.165) is 5.56 Å². The van der Waals surface area contributed by atoms with Gasteiger partial charge < -0.3 is 4.74 Å². The minimum atomic E-state index is -0.327. The third-order valence-corrected chi connectivity index (χ3v) is 2.64. The largest absolute Gasteiger partial charge is 0.484 e. The molecule has 2 aromatic rings. The monoisotopic (exact) mass is 288 g/mol. The van der Waals surface area contributed by atoms with Crippen LogP contribution < -0.4 is 10.2 Å². The average Bonchev–Trinajstić information content (AvgIpc) is 2.48. The lowest BCUT2D eigenvalue weighted by molar-refractivity contribution is -0.123. The highest BCUT2D eigenvalue weighted by Crippen LogP contribution is 2.15. The molecular formula is C15H13ClN2O2. The van der Waals surface area contributed by atoms with E-state index in [9.17, 15) is 4.79 Å². The van der Waals surface area contributed by atoms with Gasteiger partial charge in [-0.15, -0.1) is 0 Å². The van der Waals surface area contributed by atoms with Crippen molar-refractivity contribution in [3.63, 3.8) is 0 Å². The minimum Gasteiger partial charge on any atom is -0.484 e. The fourth-order valence-electron chi connectivity index (χ4n) is 1.43. The molecule has 0 unspecified atom stereocenters. The van der Waals surface area contributed by atoms with Gasteiger partial charge in [0.15, 0.2) is 6.61 Å². The summed E-state index contributed by atoms with van der Waals surface area (Å²) in [4.78, 5) is 11.5. The number of hydrazone groups is 1. The Morgan fingerprint density at radius 3 is 2.55 bits per heavy atom.